The van der Waals surface area contributed by atoms with Crippen LogP contribution in [-0.4, -0.2) is 10.2 Å². The summed E-state index contributed by atoms with van der Waals surface area (Å²) >= 11 is 29.9. The second kappa shape index (κ2) is 5.47. The molecule has 0 unspecified atom stereocenters. The quantitative estimate of drug-likeness (QED) is 0.611. The summed E-state index contributed by atoms with van der Waals surface area (Å²) in [6, 6.07) is 4.58. The van der Waals surface area contributed by atoms with E-state index in [1.54, 1.807) is 12.1 Å². The summed E-state index contributed by atoms with van der Waals surface area (Å²) in [5.74, 6) is -0.537. The summed E-state index contributed by atoms with van der Waals surface area (Å²) in [7, 11) is 0. The van der Waals surface area contributed by atoms with Crippen LogP contribution in [0.25, 0.3) is 11.1 Å². The first-order valence-corrected chi connectivity index (χ1v) is 6.78. The highest BCUT2D eigenvalue weighted by Gasteiger charge is 2.23. The summed E-state index contributed by atoms with van der Waals surface area (Å²) in [5, 5.41) is 19.0. The Morgan fingerprint density at radius 2 is 1.21 bits per heavy atom. The Morgan fingerprint density at radius 3 is 1.74 bits per heavy atom. The number of aromatic hydroxyl groups is 2. The van der Waals surface area contributed by atoms with E-state index in [0.29, 0.717) is 5.56 Å². The molecule has 100 valence electrons. The second-order valence-corrected chi connectivity index (χ2v) is 5.51. The van der Waals surface area contributed by atoms with Gasteiger partial charge in [0.25, 0.3) is 0 Å². The van der Waals surface area contributed by atoms with Gasteiger partial charge in [-0.1, -0.05) is 70.1 Å². The van der Waals surface area contributed by atoms with Crippen LogP contribution in [0.4, 0.5) is 0 Å². The monoisotopic (exact) mass is 356 g/mol. The van der Waals surface area contributed by atoms with Crippen LogP contribution in [0.1, 0.15) is 0 Å². The zero-order valence-corrected chi connectivity index (χ0v) is 12.8. The molecule has 0 fully saturated rings. The molecule has 2 rings (SSSR count). The van der Waals surface area contributed by atoms with Crippen LogP contribution in [0.15, 0.2) is 18.2 Å². The fraction of sp³-hybridized carbons (Fsp3) is 0. The van der Waals surface area contributed by atoms with Crippen LogP contribution in [0.3, 0.4) is 0 Å². The van der Waals surface area contributed by atoms with E-state index in [4.69, 9.17) is 58.0 Å². The van der Waals surface area contributed by atoms with E-state index in [1.165, 1.54) is 6.07 Å². The van der Waals surface area contributed by atoms with Crippen molar-refractivity contribution in [2.45, 2.75) is 0 Å². The van der Waals surface area contributed by atoms with Gasteiger partial charge in [-0.25, -0.2) is 0 Å². The number of phenols is 2. The Labute approximate surface area is 134 Å². The molecule has 0 aromatic heterocycles. The molecule has 0 aliphatic rings. The van der Waals surface area contributed by atoms with Crippen LogP contribution >= 0.6 is 58.0 Å². The lowest BCUT2D eigenvalue weighted by Gasteiger charge is -2.14. The summed E-state index contributed by atoms with van der Waals surface area (Å²) in [5.41, 5.74) is 0.609. The van der Waals surface area contributed by atoms with Crippen LogP contribution in [0.5, 0.6) is 11.5 Å². The topological polar surface area (TPSA) is 40.5 Å². The van der Waals surface area contributed by atoms with Crippen molar-refractivity contribution in [1.82, 2.24) is 0 Å². The van der Waals surface area contributed by atoms with Gasteiger partial charge in [0, 0.05) is 11.1 Å². The molecule has 2 aromatic carbocycles. The van der Waals surface area contributed by atoms with Gasteiger partial charge in [0.05, 0.1) is 15.1 Å². The lowest BCUT2D eigenvalue weighted by Crippen LogP contribution is -1.87. The van der Waals surface area contributed by atoms with E-state index in [-0.39, 0.29) is 36.4 Å². The molecule has 19 heavy (non-hydrogen) atoms. The van der Waals surface area contributed by atoms with E-state index in [2.05, 4.69) is 0 Å². The van der Waals surface area contributed by atoms with Gasteiger partial charge in [-0.2, -0.15) is 0 Å². The Morgan fingerprint density at radius 1 is 0.684 bits per heavy atom. The average molecular weight is 358 g/mol. The zero-order chi connectivity index (χ0) is 14.3. The predicted molar refractivity (Wildman–Crippen MR) is 80.3 cm³/mol. The summed E-state index contributed by atoms with van der Waals surface area (Å²) < 4.78 is 0. The Balaban J connectivity index is 2.87. The third-order valence-corrected chi connectivity index (χ3v) is 4.57. The maximum absolute atomic E-state index is 9.65. The molecular formula is C12H5Cl5O2. The molecule has 7 heteroatoms. The summed E-state index contributed by atoms with van der Waals surface area (Å²) in [4.78, 5) is 0. The maximum atomic E-state index is 9.65. The van der Waals surface area contributed by atoms with Crippen molar-refractivity contribution in [3.63, 3.8) is 0 Å². The molecule has 2 aromatic rings. The van der Waals surface area contributed by atoms with Gasteiger partial charge in [0.1, 0.15) is 15.8 Å². The van der Waals surface area contributed by atoms with Gasteiger partial charge in [-0.3, -0.25) is 0 Å². The Kier molecular flexibility index (Phi) is 4.29. The van der Waals surface area contributed by atoms with Crippen molar-refractivity contribution in [2.75, 3.05) is 0 Å². The third-order valence-electron chi connectivity index (χ3n) is 2.49. The molecule has 0 aliphatic carbocycles. The Hall–Kier alpha value is -0.510. The highest BCUT2D eigenvalue weighted by atomic mass is 35.5. The minimum Gasteiger partial charge on any atom is -0.506 e. The number of rotatable bonds is 1. The number of hydrogen-bond acceptors (Lipinski definition) is 2. The van der Waals surface area contributed by atoms with Gasteiger partial charge in [-0.05, 0) is 6.07 Å². The molecule has 0 spiro atoms. The Bertz CT molecular complexity index is 641. The van der Waals surface area contributed by atoms with Crippen molar-refractivity contribution < 1.29 is 10.2 Å². The SMILES string of the molecule is Oc1cccc(-c2c(Cl)c(Cl)c(O)c(Cl)c2Cl)c1Cl. The standard InChI is InChI=1S/C12H5Cl5O2/c13-7-4(2-1-3-5(7)18)6-8(14)10(16)12(19)11(17)9(6)15/h1-3,18-19H. The normalized spacial score (nSPS) is 10.8. The molecule has 2 N–H and O–H groups in total. The second-order valence-electron chi connectivity index (χ2n) is 3.62. The third kappa shape index (κ3) is 2.44. The minimum absolute atomic E-state index is 0.000988. The lowest BCUT2D eigenvalue weighted by molar-refractivity contribution is 0.476. The zero-order valence-electron chi connectivity index (χ0n) is 9.02. The highest BCUT2D eigenvalue weighted by Crippen LogP contribution is 2.51. The molecule has 0 heterocycles. The van der Waals surface area contributed by atoms with Crippen LogP contribution in [-0.2, 0) is 0 Å². The molecule has 0 bridgehead atoms. The number of halogens is 5. The fourth-order valence-electron chi connectivity index (χ4n) is 1.57. The maximum Gasteiger partial charge on any atom is 0.155 e. The summed E-state index contributed by atoms with van der Waals surface area (Å²) in [6.45, 7) is 0. The van der Waals surface area contributed by atoms with E-state index < -0.39 is 5.75 Å². The molecule has 0 amide bonds. The first kappa shape index (κ1) is 14.9. The molecule has 0 aliphatic heterocycles. The fourth-order valence-corrected chi connectivity index (χ4v) is 2.84. The first-order valence-electron chi connectivity index (χ1n) is 4.89. The summed E-state index contributed by atoms with van der Waals surface area (Å²) in [6.07, 6.45) is 0. The van der Waals surface area contributed by atoms with E-state index in [1.807, 2.05) is 0 Å². The van der Waals surface area contributed by atoms with Gasteiger partial charge in [-0.15, -0.1) is 0 Å². The van der Waals surface area contributed by atoms with Crippen molar-refractivity contribution in [3.05, 3.63) is 43.3 Å². The van der Waals surface area contributed by atoms with Crippen LogP contribution in [0, 0.1) is 0 Å². The number of hydrogen-bond donors (Lipinski definition) is 2. The largest absolute Gasteiger partial charge is 0.506 e. The first-order chi connectivity index (χ1) is 8.86. The van der Waals surface area contributed by atoms with Gasteiger partial charge in [0.2, 0.25) is 0 Å². The van der Waals surface area contributed by atoms with Gasteiger partial charge < -0.3 is 10.2 Å². The smallest absolute Gasteiger partial charge is 0.155 e. The molecule has 0 saturated carbocycles. The van der Waals surface area contributed by atoms with E-state index in [0.717, 1.165) is 0 Å². The van der Waals surface area contributed by atoms with Crippen LogP contribution in [0.2, 0.25) is 25.1 Å². The van der Waals surface area contributed by atoms with Crippen molar-refractivity contribution >= 4 is 58.0 Å². The average Bonchev–Trinajstić information content (AvgIpc) is 2.39. The van der Waals surface area contributed by atoms with Crippen molar-refractivity contribution in [1.29, 1.82) is 0 Å². The lowest BCUT2D eigenvalue weighted by atomic mass is 10.0. The number of phenolic OH excluding ortho intramolecular Hbond substituents is 2. The molecular weight excluding hydrogens is 353 g/mol. The predicted octanol–water partition coefficient (Wildman–Crippen LogP) is 6.03. The molecule has 2 nitrogen and oxygen atoms in total. The van der Waals surface area contributed by atoms with Crippen LogP contribution < -0.4 is 0 Å². The molecule has 0 radical (unpaired) electrons. The van der Waals surface area contributed by atoms with Crippen molar-refractivity contribution in [3.8, 4) is 22.6 Å². The van der Waals surface area contributed by atoms with Crippen molar-refractivity contribution in [2.24, 2.45) is 0 Å². The van der Waals surface area contributed by atoms with E-state index in [9.17, 15) is 10.2 Å². The minimum atomic E-state index is -0.404. The van der Waals surface area contributed by atoms with Gasteiger partial charge in [0.15, 0.2) is 5.75 Å². The van der Waals surface area contributed by atoms with E-state index >= 15 is 0 Å². The highest BCUT2D eigenvalue weighted by molar-refractivity contribution is 6.52. The number of benzene rings is 2. The van der Waals surface area contributed by atoms with Gasteiger partial charge >= 0.3 is 0 Å². The molecule has 0 atom stereocenters. The molecule has 0 saturated heterocycles.